The molecular formula is C12H10ClIn. The quantitative estimate of drug-likeness (QED) is 0.621. The van der Waals surface area contributed by atoms with E-state index in [4.69, 9.17) is 0 Å². The van der Waals surface area contributed by atoms with Crippen LogP contribution in [0.4, 0.5) is 0 Å². The first kappa shape index (κ1) is 16.0. The van der Waals surface area contributed by atoms with Crippen molar-refractivity contribution in [1.29, 1.82) is 0 Å². The van der Waals surface area contributed by atoms with Gasteiger partial charge in [0, 0.05) is 0 Å². The molecule has 0 aliphatic carbocycles. The number of rotatable bonds is 0. The molecule has 0 aliphatic rings. The van der Waals surface area contributed by atoms with Crippen LogP contribution in [0.25, 0.3) is 0 Å². The van der Waals surface area contributed by atoms with Crippen molar-refractivity contribution in [3.8, 4) is 0 Å². The Labute approximate surface area is 111 Å². The van der Waals surface area contributed by atoms with Gasteiger partial charge in [-0.05, 0) is 12.1 Å². The van der Waals surface area contributed by atoms with Gasteiger partial charge in [-0.2, -0.15) is 0 Å². The molecule has 2 aromatic rings. The van der Waals surface area contributed by atoms with Gasteiger partial charge < -0.3 is 12.4 Å². The molecule has 0 atom stereocenters. The first-order valence-electron chi connectivity index (χ1n) is 3.82. The second kappa shape index (κ2) is 12.6. The van der Waals surface area contributed by atoms with Crippen molar-refractivity contribution in [2.45, 2.75) is 0 Å². The first-order chi connectivity index (χ1) is 6.00. The Balaban J connectivity index is 0. The molecule has 0 unspecified atom stereocenters. The van der Waals surface area contributed by atoms with E-state index in [2.05, 4.69) is 12.1 Å². The Morgan fingerprint density at radius 2 is 0.786 bits per heavy atom. The molecule has 0 aliphatic heterocycles. The minimum absolute atomic E-state index is 0. The van der Waals surface area contributed by atoms with Crippen molar-refractivity contribution in [1.82, 2.24) is 0 Å². The average Bonchev–Trinajstić information content (AvgIpc) is 2.24. The number of hydrogen-bond donors (Lipinski definition) is 0. The molecule has 0 fully saturated rings. The summed E-state index contributed by atoms with van der Waals surface area (Å²) >= 11 is 0. The Morgan fingerprint density at radius 3 is 0.857 bits per heavy atom. The van der Waals surface area contributed by atoms with Crippen LogP contribution in [0.2, 0.25) is 0 Å². The maximum atomic E-state index is 2.89. The Morgan fingerprint density at radius 1 is 0.500 bits per heavy atom. The second-order valence-corrected chi connectivity index (χ2v) is 2.15. The number of hydrogen-bond acceptors (Lipinski definition) is 0. The number of halogens is 1. The fourth-order valence-electron chi connectivity index (χ4n) is 0.684. The summed E-state index contributed by atoms with van der Waals surface area (Å²) in [4.78, 5) is 0. The molecule has 0 saturated carbocycles. The van der Waals surface area contributed by atoms with Crippen LogP contribution in [0.15, 0.2) is 60.7 Å². The van der Waals surface area contributed by atoms with Crippen LogP contribution in [-0.2, 0) is 0 Å². The fraction of sp³-hybridized carbons (Fsp3) is 0. The fourth-order valence-corrected chi connectivity index (χ4v) is 0.684. The molecular weight excluding hydrogens is 294 g/mol. The molecule has 2 aromatic carbocycles. The van der Waals surface area contributed by atoms with Gasteiger partial charge in [-0.25, -0.2) is 0 Å². The zero-order valence-corrected chi connectivity index (χ0v) is 11.8. The zero-order valence-electron chi connectivity index (χ0n) is 7.73. The second-order valence-electron chi connectivity index (χ2n) is 2.15. The van der Waals surface area contributed by atoms with Crippen LogP contribution in [0, 0.1) is 12.1 Å². The van der Waals surface area contributed by atoms with Crippen LogP contribution in [0.1, 0.15) is 0 Å². The standard InChI is InChI=1S/2C6H5.ClH.In/c2*1-2-4-6-5-3-1;;/h2*1-5H;1H;/q;;;+1/p-1. The van der Waals surface area contributed by atoms with Crippen molar-refractivity contribution in [2.24, 2.45) is 0 Å². The van der Waals surface area contributed by atoms with E-state index in [9.17, 15) is 0 Å². The first-order valence-corrected chi connectivity index (χ1v) is 3.82. The van der Waals surface area contributed by atoms with E-state index < -0.39 is 0 Å². The van der Waals surface area contributed by atoms with Crippen LogP contribution < -0.4 is 12.4 Å². The summed E-state index contributed by atoms with van der Waals surface area (Å²) in [7, 11) is 0. The molecule has 0 N–H and O–H groups in total. The molecule has 0 bridgehead atoms. The molecule has 68 valence electrons. The van der Waals surface area contributed by atoms with Gasteiger partial charge in [0.1, 0.15) is 0 Å². The van der Waals surface area contributed by atoms with E-state index in [0.717, 1.165) is 0 Å². The molecule has 2 rings (SSSR count). The van der Waals surface area contributed by atoms with E-state index in [1.807, 2.05) is 60.7 Å². The normalized spacial score (nSPS) is 6.86. The predicted octanol–water partition coefficient (Wildman–Crippen LogP) is -0.403. The third-order valence-electron chi connectivity index (χ3n) is 1.21. The van der Waals surface area contributed by atoms with Gasteiger partial charge in [0.05, 0.1) is 0 Å². The van der Waals surface area contributed by atoms with Crippen molar-refractivity contribution in [3.63, 3.8) is 0 Å². The van der Waals surface area contributed by atoms with Gasteiger partial charge in [0.15, 0.2) is 0 Å². The molecule has 0 nitrogen and oxygen atoms in total. The average molecular weight is 304 g/mol. The van der Waals surface area contributed by atoms with Crippen LogP contribution in [0.3, 0.4) is 0 Å². The van der Waals surface area contributed by atoms with Crippen molar-refractivity contribution >= 4 is 25.8 Å². The monoisotopic (exact) mass is 304 g/mol. The van der Waals surface area contributed by atoms with E-state index in [0.29, 0.717) is 0 Å². The van der Waals surface area contributed by atoms with Gasteiger partial charge in [0.25, 0.3) is 0 Å². The van der Waals surface area contributed by atoms with Crippen molar-refractivity contribution in [3.05, 3.63) is 72.8 Å². The molecule has 14 heavy (non-hydrogen) atoms. The Hall–Kier alpha value is -0.400. The Bertz CT molecular complexity index is 186. The minimum atomic E-state index is 0. The molecule has 2 heteroatoms. The summed E-state index contributed by atoms with van der Waals surface area (Å²) in [6.07, 6.45) is 0. The minimum Gasteiger partial charge on any atom is -1.00 e. The largest absolute Gasteiger partial charge is 1.00 e. The SMILES string of the molecule is [Cl-].[In+].[c]1ccccc1.[c]1ccccc1. The van der Waals surface area contributed by atoms with Gasteiger partial charge in [0.2, 0.25) is 0 Å². The smallest absolute Gasteiger partial charge is 1.00 e. The summed E-state index contributed by atoms with van der Waals surface area (Å²) in [5.41, 5.74) is 0. The molecule has 4 radical (unpaired) electrons. The molecule has 0 heterocycles. The maximum Gasteiger partial charge on any atom is 1.00 e. The van der Waals surface area contributed by atoms with E-state index in [1.54, 1.807) is 0 Å². The van der Waals surface area contributed by atoms with Crippen LogP contribution >= 0.6 is 0 Å². The summed E-state index contributed by atoms with van der Waals surface area (Å²) in [5.74, 6) is 0. The molecule has 0 amide bonds. The summed E-state index contributed by atoms with van der Waals surface area (Å²) in [5, 5.41) is 0. The molecule has 0 aromatic heterocycles. The summed E-state index contributed by atoms with van der Waals surface area (Å²) in [6.45, 7) is 0. The van der Waals surface area contributed by atoms with Gasteiger partial charge >= 0.3 is 25.8 Å². The Kier molecular flexibility index (Phi) is 14.4. The molecule has 0 spiro atoms. The van der Waals surface area contributed by atoms with Gasteiger partial charge in [-0.3, -0.25) is 0 Å². The van der Waals surface area contributed by atoms with Crippen molar-refractivity contribution in [2.75, 3.05) is 0 Å². The third-order valence-corrected chi connectivity index (χ3v) is 1.21. The van der Waals surface area contributed by atoms with E-state index >= 15 is 0 Å². The van der Waals surface area contributed by atoms with E-state index in [-0.39, 0.29) is 38.3 Å². The van der Waals surface area contributed by atoms with Gasteiger partial charge in [-0.1, -0.05) is 60.7 Å². The van der Waals surface area contributed by atoms with Crippen LogP contribution in [0.5, 0.6) is 0 Å². The van der Waals surface area contributed by atoms with E-state index in [1.165, 1.54) is 0 Å². The summed E-state index contributed by atoms with van der Waals surface area (Å²) in [6, 6.07) is 25.0. The van der Waals surface area contributed by atoms with Crippen molar-refractivity contribution < 1.29 is 12.4 Å². The zero-order chi connectivity index (χ0) is 8.49. The maximum absolute atomic E-state index is 2.89. The summed E-state index contributed by atoms with van der Waals surface area (Å²) < 4.78 is 0. The molecule has 0 saturated heterocycles. The third kappa shape index (κ3) is 9.69. The van der Waals surface area contributed by atoms with Crippen LogP contribution in [-0.4, -0.2) is 25.8 Å². The predicted molar refractivity (Wildman–Crippen MR) is 56.3 cm³/mol. The van der Waals surface area contributed by atoms with Gasteiger partial charge in [-0.15, -0.1) is 0 Å². The topological polar surface area (TPSA) is 0 Å². The number of benzene rings is 2.